The molecule has 0 bridgehead atoms. The molecular weight excluding hydrogens is 238 g/mol. The van der Waals surface area contributed by atoms with Crippen LogP contribution >= 0.6 is 0 Å². The van der Waals surface area contributed by atoms with E-state index in [0.29, 0.717) is 6.42 Å². The van der Waals surface area contributed by atoms with Gasteiger partial charge in [0.25, 0.3) is 0 Å². The van der Waals surface area contributed by atoms with Crippen molar-refractivity contribution in [2.24, 2.45) is 0 Å². The van der Waals surface area contributed by atoms with Crippen LogP contribution in [0.5, 0.6) is 0 Å². The van der Waals surface area contributed by atoms with Crippen LogP contribution in [0.4, 0.5) is 0 Å². The Morgan fingerprint density at radius 2 is 1.79 bits per heavy atom. The fraction of sp³-hybridized carbons (Fsp3) is 0.562. The van der Waals surface area contributed by atoms with Crippen LogP contribution in [0.3, 0.4) is 0 Å². The minimum absolute atomic E-state index is 0.203. The van der Waals surface area contributed by atoms with Gasteiger partial charge in [-0.3, -0.25) is 4.79 Å². The molecule has 0 fully saturated rings. The average Bonchev–Trinajstić information content (AvgIpc) is 2.41. The molecule has 0 unspecified atom stereocenters. The molecule has 0 atom stereocenters. The van der Waals surface area contributed by atoms with E-state index in [9.17, 15) is 4.79 Å². The summed E-state index contributed by atoms with van der Waals surface area (Å²) in [5.74, 6) is -0.738. The number of carbonyl (C=O) groups is 1. The molecule has 3 heteroatoms. The van der Waals surface area contributed by atoms with Crippen molar-refractivity contribution in [3.05, 3.63) is 35.4 Å². The van der Waals surface area contributed by atoms with Crippen molar-refractivity contribution in [3.8, 4) is 0 Å². The highest BCUT2D eigenvalue weighted by molar-refractivity contribution is 5.67. The first kappa shape index (κ1) is 15.7. The SMILES string of the molecule is CCCCCCNCc1ccc(CCC(=O)O)cc1. The van der Waals surface area contributed by atoms with E-state index < -0.39 is 5.97 Å². The molecular formula is C16H25NO2. The summed E-state index contributed by atoms with van der Waals surface area (Å²) in [6.45, 7) is 4.19. The quantitative estimate of drug-likeness (QED) is 0.636. The van der Waals surface area contributed by atoms with Crippen LogP contribution in [0.2, 0.25) is 0 Å². The Bertz CT molecular complexity index is 360. The second kappa shape index (κ2) is 9.56. The van der Waals surface area contributed by atoms with Crippen LogP contribution in [0.1, 0.15) is 50.2 Å². The Hall–Kier alpha value is -1.35. The summed E-state index contributed by atoms with van der Waals surface area (Å²) in [6, 6.07) is 8.21. The number of nitrogens with one attached hydrogen (secondary N) is 1. The second-order valence-corrected chi connectivity index (χ2v) is 4.95. The number of hydrogen-bond donors (Lipinski definition) is 2. The van der Waals surface area contributed by atoms with Crippen molar-refractivity contribution in [1.82, 2.24) is 5.32 Å². The number of carboxylic acids is 1. The molecule has 0 heterocycles. The summed E-state index contributed by atoms with van der Waals surface area (Å²) in [7, 11) is 0. The molecule has 106 valence electrons. The van der Waals surface area contributed by atoms with E-state index in [1.54, 1.807) is 0 Å². The molecule has 3 nitrogen and oxygen atoms in total. The fourth-order valence-electron chi connectivity index (χ4n) is 1.98. The number of benzene rings is 1. The van der Waals surface area contributed by atoms with Crippen LogP contribution in [-0.4, -0.2) is 17.6 Å². The van der Waals surface area contributed by atoms with E-state index in [1.807, 2.05) is 12.1 Å². The lowest BCUT2D eigenvalue weighted by atomic mass is 10.1. The van der Waals surface area contributed by atoms with Crippen LogP contribution in [0.25, 0.3) is 0 Å². The van der Waals surface area contributed by atoms with Gasteiger partial charge in [-0.1, -0.05) is 50.5 Å². The van der Waals surface area contributed by atoms with Gasteiger partial charge >= 0.3 is 5.97 Å². The number of unbranched alkanes of at least 4 members (excludes halogenated alkanes) is 3. The zero-order chi connectivity index (χ0) is 13.9. The molecule has 0 saturated heterocycles. The van der Waals surface area contributed by atoms with Crippen molar-refractivity contribution in [2.75, 3.05) is 6.54 Å². The van der Waals surface area contributed by atoms with E-state index in [-0.39, 0.29) is 6.42 Å². The molecule has 0 aliphatic heterocycles. The van der Waals surface area contributed by atoms with Gasteiger partial charge in [-0.05, 0) is 30.5 Å². The highest BCUT2D eigenvalue weighted by atomic mass is 16.4. The molecule has 1 aromatic carbocycles. The predicted octanol–water partition coefficient (Wildman–Crippen LogP) is 3.37. The highest BCUT2D eigenvalue weighted by Crippen LogP contribution is 2.07. The van der Waals surface area contributed by atoms with Crippen molar-refractivity contribution >= 4 is 5.97 Å². The molecule has 1 rings (SSSR count). The largest absolute Gasteiger partial charge is 0.481 e. The number of aryl methyl sites for hydroxylation is 1. The normalized spacial score (nSPS) is 10.6. The number of rotatable bonds is 10. The van der Waals surface area contributed by atoms with Crippen LogP contribution in [0, 0.1) is 0 Å². The van der Waals surface area contributed by atoms with E-state index in [1.165, 1.54) is 31.2 Å². The minimum Gasteiger partial charge on any atom is -0.481 e. The van der Waals surface area contributed by atoms with Gasteiger partial charge in [0.1, 0.15) is 0 Å². The summed E-state index contributed by atoms with van der Waals surface area (Å²) in [5, 5.41) is 12.1. The summed E-state index contributed by atoms with van der Waals surface area (Å²) >= 11 is 0. The Morgan fingerprint density at radius 3 is 2.42 bits per heavy atom. The molecule has 19 heavy (non-hydrogen) atoms. The first-order valence-corrected chi connectivity index (χ1v) is 7.22. The van der Waals surface area contributed by atoms with Gasteiger partial charge in [0.05, 0.1) is 0 Å². The molecule has 0 radical (unpaired) electrons. The number of aliphatic carboxylic acids is 1. The lowest BCUT2D eigenvalue weighted by molar-refractivity contribution is -0.136. The van der Waals surface area contributed by atoms with Crippen molar-refractivity contribution < 1.29 is 9.90 Å². The van der Waals surface area contributed by atoms with Crippen LogP contribution in [0.15, 0.2) is 24.3 Å². The topological polar surface area (TPSA) is 49.3 Å². The number of carboxylic acid groups (broad SMARTS) is 1. The standard InChI is InChI=1S/C16H25NO2/c1-2-3-4-5-12-17-13-15-8-6-14(7-9-15)10-11-16(18)19/h6-9,17H,2-5,10-13H2,1H3,(H,18,19). The summed E-state index contributed by atoms with van der Waals surface area (Å²) in [5.41, 5.74) is 2.35. The van der Waals surface area contributed by atoms with Gasteiger partial charge in [-0.2, -0.15) is 0 Å². The van der Waals surface area contributed by atoms with E-state index >= 15 is 0 Å². The highest BCUT2D eigenvalue weighted by Gasteiger charge is 1.99. The van der Waals surface area contributed by atoms with E-state index in [4.69, 9.17) is 5.11 Å². The lowest BCUT2D eigenvalue weighted by Crippen LogP contribution is -2.14. The van der Waals surface area contributed by atoms with Gasteiger partial charge in [-0.25, -0.2) is 0 Å². The maximum atomic E-state index is 10.5. The van der Waals surface area contributed by atoms with Crippen molar-refractivity contribution in [1.29, 1.82) is 0 Å². The Morgan fingerprint density at radius 1 is 1.11 bits per heavy atom. The molecule has 1 aromatic rings. The first-order valence-electron chi connectivity index (χ1n) is 7.22. The molecule has 0 aromatic heterocycles. The van der Waals surface area contributed by atoms with Gasteiger partial charge < -0.3 is 10.4 Å². The van der Waals surface area contributed by atoms with Crippen molar-refractivity contribution in [3.63, 3.8) is 0 Å². The maximum absolute atomic E-state index is 10.5. The fourth-order valence-corrected chi connectivity index (χ4v) is 1.98. The monoisotopic (exact) mass is 263 g/mol. The minimum atomic E-state index is -0.738. The second-order valence-electron chi connectivity index (χ2n) is 4.95. The maximum Gasteiger partial charge on any atom is 0.303 e. The van der Waals surface area contributed by atoms with Crippen LogP contribution < -0.4 is 5.32 Å². The van der Waals surface area contributed by atoms with Crippen LogP contribution in [-0.2, 0) is 17.8 Å². The zero-order valence-electron chi connectivity index (χ0n) is 11.8. The smallest absolute Gasteiger partial charge is 0.303 e. The van der Waals surface area contributed by atoms with Gasteiger partial charge in [-0.15, -0.1) is 0 Å². The first-order chi connectivity index (χ1) is 9.22. The lowest BCUT2D eigenvalue weighted by Gasteiger charge is -2.06. The predicted molar refractivity (Wildman–Crippen MR) is 78.2 cm³/mol. The third-order valence-electron chi connectivity index (χ3n) is 3.19. The van der Waals surface area contributed by atoms with Gasteiger partial charge in [0, 0.05) is 13.0 Å². The van der Waals surface area contributed by atoms with Gasteiger partial charge in [0.15, 0.2) is 0 Å². The number of hydrogen-bond acceptors (Lipinski definition) is 2. The molecule has 2 N–H and O–H groups in total. The van der Waals surface area contributed by atoms with E-state index in [0.717, 1.165) is 18.7 Å². The summed E-state index contributed by atoms with van der Waals surface area (Å²) < 4.78 is 0. The molecule has 0 spiro atoms. The zero-order valence-corrected chi connectivity index (χ0v) is 11.8. The summed E-state index contributed by atoms with van der Waals surface area (Å²) in [4.78, 5) is 10.5. The van der Waals surface area contributed by atoms with E-state index in [2.05, 4.69) is 24.4 Å². The Balaban J connectivity index is 2.19. The van der Waals surface area contributed by atoms with Gasteiger partial charge in [0.2, 0.25) is 0 Å². The third kappa shape index (κ3) is 7.62. The molecule has 0 amide bonds. The Kier molecular flexibility index (Phi) is 7.91. The molecule has 0 aliphatic carbocycles. The molecule has 0 saturated carbocycles. The third-order valence-corrected chi connectivity index (χ3v) is 3.19. The Labute approximate surface area is 116 Å². The van der Waals surface area contributed by atoms with Crippen molar-refractivity contribution in [2.45, 2.75) is 52.0 Å². The molecule has 0 aliphatic rings. The summed E-state index contributed by atoms with van der Waals surface area (Å²) in [6.07, 6.45) is 5.95. The average molecular weight is 263 g/mol.